The van der Waals surface area contributed by atoms with E-state index in [0.717, 1.165) is 31.4 Å². The van der Waals surface area contributed by atoms with Crippen molar-refractivity contribution >= 4 is 16.0 Å². The summed E-state index contributed by atoms with van der Waals surface area (Å²) in [7, 11) is -4.26. The molecule has 3 heterocycles. The molecular formula is C24H24F2N4O3S. The Bertz CT molecular complexity index is 1270. The van der Waals surface area contributed by atoms with Gasteiger partial charge >= 0.3 is 0 Å². The monoisotopic (exact) mass is 486 g/mol. The fourth-order valence-electron chi connectivity index (χ4n) is 4.82. The summed E-state index contributed by atoms with van der Waals surface area (Å²) in [5, 5.41) is 0. The number of rotatable bonds is 5. The molecular weight excluding hydrogens is 462 g/mol. The fourth-order valence-corrected chi connectivity index (χ4v) is 5.85. The van der Waals surface area contributed by atoms with Gasteiger partial charge in [-0.3, -0.25) is 4.90 Å². The number of sulfonamides is 1. The van der Waals surface area contributed by atoms with Gasteiger partial charge in [0.15, 0.2) is 0 Å². The maximum absolute atomic E-state index is 15.2. The highest BCUT2D eigenvalue weighted by molar-refractivity contribution is 7.92. The maximum Gasteiger partial charge on any atom is 0.267 e. The summed E-state index contributed by atoms with van der Waals surface area (Å²) in [6.45, 7) is 1.19. The maximum atomic E-state index is 15.2. The second kappa shape index (κ2) is 9.27. The van der Waals surface area contributed by atoms with Crippen molar-refractivity contribution in [2.24, 2.45) is 0 Å². The molecule has 7 nitrogen and oxygen atoms in total. The van der Waals surface area contributed by atoms with Crippen molar-refractivity contribution < 1.29 is 21.9 Å². The van der Waals surface area contributed by atoms with Crippen LogP contribution in [0, 0.1) is 11.6 Å². The van der Waals surface area contributed by atoms with Gasteiger partial charge in [0.1, 0.15) is 22.3 Å². The van der Waals surface area contributed by atoms with Crippen molar-refractivity contribution in [2.45, 2.75) is 42.7 Å². The van der Waals surface area contributed by atoms with Crippen molar-refractivity contribution in [1.29, 1.82) is 0 Å². The molecule has 1 N–H and O–H groups in total. The van der Waals surface area contributed by atoms with Crippen molar-refractivity contribution in [3.05, 3.63) is 77.6 Å². The Labute approximate surface area is 196 Å². The summed E-state index contributed by atoms with van der Waals surface area (Å²) in [5.74, 6) is -0.954. The van der Waals surface area contributed by atoms with Gasteiger partial charge in [-0.15, -0.1) is 0 Å². The van der Waals surface area contributed by atoms with Crippen LogP contribution in [0.5, 0.6) is 5.75 Å². The van der Waals surface area contributed by atoms with Crippen molar-refractivity contribution in [1.82, 2.24) is 14.9 Å². The first kappa shape index (κ1) is 22.7. The van der Waals surface area contributed by atoms with Gasteiger partial charge in [0.2, 0.25) is 5.95 Å². The molecule has 2 aliphatic rings. The van der Waals surface area contributed by atoms with Crippen LogP contribution in [0.15, 0.2) is 59.8 Å². The number of piperidine rings is 1. The Hall–Kier alpha value is -3.11. The van der Waals surface area contributed by atoms with E-state index in [9.17, 15) is 12.8 Å². The summed E-state index contributed by atoms with van der Waals surface area (Å²) in [6, 6.07) is 10.5. The van der Waals surface area contributed by atoms with Crippen LogP contribution in [-0.2, 0) is 10.0 Å². The van der Waals surface area contributed by atoms with E-state index in [1.54, 1.807) is 18.2 Å². The zero-order valence-electron chi connectivity index (χ0n) is 18.3. The highest BCUT2D eigenvalue weighted by Gasteiger charge is 2.36. The first-order valence-electron chi connectivity index (χ1n) is 11.2. The molecule has 3 aromatic rings. The molecule has 0 bridgehead atoms. The minimum Gasteiger partial charge on any atom is -0.493 e. The van der Waals surface area contributed by atoms with Gasteiger partial charge in [0.05, 0.1) is 6.61 Å². The van der Waals surface area contributed by atoms with Crippen molar-refractivity contribution in [3.63, 3.8) is 0 Å². The molecule has 1 fully saturated rings. The number of benzene rings is 2. The number of ether oxygens (including phenoxy) is 1. The summed E-state index contributed by atoms with van der Waals surface area (Å²) in [4.78, 5) is 9.46. The highest BCUT2D eigenvalue weighted by atomic mass is 32.2. The molecule has 0 spiro atoms. The molecule has 0 aliphatic carbocycles. The fraction of sp³-hybridized carbons (Fsp3) is 0.333. The lowest BCUT2D eigenvalue weighted by Crippen LogP contribution is -2.39. The number of halogens is 2. The number of nitrogens with one attached hydrogen (secondary N) is 1. The number of aromatic nitrogens is 2. The van der Waals surface area contributed by atoms with Gasteiger partial charge < -0.3 is 4.74 Å². The van der Waals surface area contributed by atoms with E-state index in [4.69, 9.17) is 4.74 Å². The molecule has 2 aromatic carbocycles. The molecule has 178 valence electrons. The summed E-state index contributed by atoms with van der Waals surface area (Å²) in [5.41, 5.74) is 1.63. The van der Waals surface area contributed by atoms with Crippen LogP contribution < -0.4 is 9.46 Å². The zero-order chi connectivity index (χ0) is 23.7. The van der Waals surface area contributed by atoms with Gasteiger partial charge in [-0.05, 0) is 49.2 Å². The van der Waals surface area contributed by atoms with Crippen LogP contribution in [0.3, 0.4) is 0 Å². The number of hydrogen-bond donors (Lipinski definition) is 1. The van der Waals surface area contributed by atoms with Crippen molar-refractivity contribution in [2.75, 3.05) is 17.9 Å². The SMILES string of the molecule is O=S(=O)(Nc1ncccn1)c1cc2c(cc1F)[C@H](N1CCCC[C@H]1c1ccc(F)cc1)CCO2. The predicted molar refractivity (Wildman–Crippen MR) is 122 cm³/mol. The van der Waals surface area contributed by atoms with Crippen LogP contribution >= 0.6 is 0 Å². The standard InChI is InChI=1S/C24H24F2N4O3S/c25-17-7-5-16(6-8-17)20-4-1-2-12-30(20)21-9-13-33-22-15-23(19(26)14-18(21)22)34(31,32)29-24-27-10-3-11-28-24/h3,5-8,10-11,14-15,20-21H,1-2,4,9,12-13H2,(H,27,28,29)/t20-,21+/m0/s1. The van der Waals surface area contributed by atoms with Gasteiger partial charge in [0.25, 0.3) is 10.0 Å². The number of fused-ring (bicyclic) bond motifs is 1. The molecule has 1 saturated heterocycles. The zero-order valence-corrected chi connectivity index (χ0v) is 19.1. The molecule has 2 atom stereocenters. The normalized spacial score (nSPS) is 20.9. The van der Waals surface area contributed by atoms with Crippen LogP contribution in [0.25, 0.3) is 0 Å². The van der Waals surface area contributed by atoms with E-state index in [1.165, 1.54) is 36.7 Å². The minimum atomic E-state index is -4.26. The van der Waals surface area contributed by atoms with E-state index in [-0.39, 0.29) is 23.8 Å². The van der Waals surface area contributed by atoms with Crippen LogP contribution in [0.2, 0.25) is 0 Å². The average molecular weight is 487 g/mol. The number of nitrogens with zero attached hydrogens (tertiary/aromatic N) is 3. The number of anilines is 1. The van der Waals surface area contributed by atoms with Gasteiger partial charge in [-0.25, -0.2) is 31.9 Å². The topological polar surface area (TPSA) is 84.4 Å². The molecule has 1 aromatic heterocycles. The molecule has 0 radical (unpaired) electrons. The summed E-state index contributed by atoms with van der Waals surface area (Å²) >= 11 is 0. The number of hydrogen-bond acceptors (Lipinski definition) is 6. The smallest absolute Gasteiger partial charge is 0.267 e. The second-order valence-corrected chi connectivity index (χ2v) is 10.1. The van der Waals surface area contributed by atoms with Crippen molar-refractivity contribution in [3.8, 4) is 5.75 Å². The predicted octanol–water partition coefficient (Wildman–Crippen LogP) is 4.61. The van der Waals surface area contributed by atoms with Crippen LogP contribution in [0.4, 0.5) is 14.7 Å². The molecule has 0 amide bonds. The third kappa shape index (κ3) is 4.47. The second-order valence-electron chi connectivity index (χ2n) is 8.45. The lowest BCUT2D eigenvalue weighted by atomic mass is 9.89. The third-order valence-electron chi connectivity index (χ3n) is 6.35. The Balaban J connectivity index is 1.48. The van der Waals surface area contributed by atoms with Crippen LogP contribution in [-0.4, -0.2) is 36.4 Å². The van der Waals surface area contributed by atoms with E-state index in [0.29, 0.717) is 24.3 Å². The summed E-state index contributed by atoms with van der Waals surface area (Å²) in [6.07, 6.45) is 6.38. The minimum absolute atomic E-state index is 0.0636. The number of likely N-dealkylation sites (tertiary alicyclic amines) is 1. The molecule has 10 heteroatoms. The van der Waals surface area contributed by atoms with Crippen LogP contribution in [0.1, 0.15) is 48.9 Å². The highest BCUT2D eigenvalue weighted by Crippen LogP contribution is 2.44. The Morgan fingerprint density at radius 1 is 1.00 bits per heavy atom. The Kier molecular flexibility index (Phi) is 6.18. The molecule has 5 rings (SSSR count). The van der Waals surface area contributed by atoms with E-state index in [2.05, 4.69) is 19.6 Å². The Morgan fingerprint density at radius 3 is 2.53 bits per heavy atom. The molecule has 2 aliphatic heterocycles. The summed E-state index contributed by atoms with van der Waals surface area (Å²) < 4.78 is 62.3. The van der Waals surface area contributed by atoms with Gasteiger partial charge in [0, 0.05) is 42.5 Å². The molecule has 0 unspecified atom stereocenters. The first-order chi connectivity index (χ1) is 16.4. The van der Waals surface area contributed by atoms with E-state index < -0.39 is 20.7 Å². The molecule has 34 heavy (non-hydrogen) atoms. The Morgan fingerprint density at radius 2 is 1.76 bits per heavy atom. The lowest BCUT2D eigenvalue weighted by Gasteiger charge is -2.43. The van der Waals surface area contributed by atoms with Gasteiger partial charge in [-0.1, -0.05) is 18.6 Å². The van der Waals surface area contributed by atoms with E-state index in [1.807, 2.05) is 0 Å². The lowest BCUT2D eigenvalue weighted by molar-refractivity contribution is 0.0665. The molecule has 0 saturated carbocycles. The quantitative estimate of drug-likeness (QED) is 0.567. The van der Waals surface area contributed by atoms with Gasteiger partial charge in [-0.2, -0.15) is 0 Å². The average Bonchev–Trinajstić information content (AvgIpc) is 2.84. The third-order valence-corrected chi connectivity index (χ3v) is 7.70. The van der Waals surface area contributed by atoms with E-state index >= 15 is 4.39 Å². The largest absolute Gasteiger partial charge is 0.493 e. The first-order valence-corrected chi connectivity index (χ1v) is 12.7.